The van der Waals surface area contributed by atoms with Crippen molar-refractivity contribution in [3.05, 3.63) is 40.3 Å². The number of nitrogens with zero attached hydrogens (tertiary/aromatic N) is 3. The Kier molecular flexibility index (Phi) is 17.5. The number of carbonyl (C=O) groups is 4. The third-order valence-corrected chi connectivity index (χ3v) is 12.9. The molecule has 0 radical (unpaired) electrons. The number of esters is 1. The van der Waals surface area contributed by atoms with E-state index in [-0.39, 0.29) is 47.0 Å². The summed E-state index contributed by atoms with van der Waals surface area (Å²) in [6.45, 7) is 13.4. The topological polar surface area (TPSA) is 167 Å². The van der Waals surface area contributed by atoms with Gasteiger partial charge < -0.3 is 20.2 Å². The lowest BCUT2D eigenvalue weighted by molar-refractivity contribution is -0.148. The molecule has 2 heterocycles. The number of unbranched alkanes of at least 4 members (excludes halogenated alkanes) is 3. The standard InChI is InChI=1S/C39H62N6O7S2/c1-9-11-12-14-22-45(25-39(26-46,28(5)10-2)42-37(49)33-16-13-15-21-44(33)8)34(27(3)4)23-35(52-29(6)47)38-41-32(24-53-38)36(48)43-54(50,51)31-19-17-30(40-7)18-20-31/h17-20,24,26-28,33-35,40H,9-16,21-23,25H2,1-8H3,(H,42,49)(H,43,48)/t28-,33+,34+,35+,39-/m0/s1. The van der Waals surface area contributed by atoms with Crippen LogP contribution in [0.5, 0.6) is 0 Å². The number of likely N-dealkylation sites (N-methyl/N-ethyl adjacent to an activating group) is 1. The van der Waals surface area contributed by atoms with E-state index in [1.54, 1.807) is 19.2 Å². The van der Waals surface area contributed by atoms with Crippen molar-refractivity contribution in [2.45, 2.75) is 128 Å². The van der Waals surface area contributed by atoms with Crippen molar-refractivity contribution in [2.75, 3.05) is 39.0 Å². The normalized spacial score (nSPS) is 18.0. The summed E-state index contributed by atoms with van der Waals surface area (Å²) in [6.07, 6.45) is 7.74. The van der Waals surface area contributed by atoms with Crippen molar-refractivity contribution >= 4 is 51.1 Å². The number of ether oxygens (including phenoxy) is 1. The van der Waals surface area contributed by atoms with Crippen molar-refractivity contribution in [1.29, 1.82) is 0 Å². The maximum Gasteiger partial charge on any atom is 0.303 e. The summed E-state index contributed by atoms with van der Waals surface area (Å²) in [5, 5.41) is 7.96. The molecule has 1 aromatic carbocycles. The van der Waals surface area contributed by atoms with E-state index in [4.69, 9.17) is 4.74 Å². The van der Waals surface area contributed by atoms with Crippen LogP contribution in [0.15, 0.2) is 34.5 Å². The van der Waals surface area contributed by atoms with Gasteiger partial charge in [-0.25, -0.2) is 18.1 Å². The van der Waals surface area contributed by atoms with Crippen LogP contribution in [0.3, 0.4) is 0 Å². The van der Waals surface area contributed by atoms with Crippen LogP contribution >= 0.6 is 11.3 Å². The summed E-state index contributed by atoms with van der Waals surface area (Å²) < 4.78 is 33.9. The number of aldehydes is 1. The summed E-state index contributed by atoms with van der Waals surface area (Å²) in [5.74, 6) is -1.71. The number of hydrogen-bond acceptors (Lipinski definition) is 12. The fourth-order valence-electron chi connectivity index (χ4n) is 7.06. The predicted molar refractivity (Wildman–Crippen MR) is 213 cm³/mol. The SMILES string of the molecule is CCCCCCN(C[C@@](C=O)(NC(=O)[C@H]1CCCCN1C)[C@@H](C)CC)[C@H](C[C@@H](OC(C)=O)c1nc(C(=O)NS(=O)(=O)c2ccc(NC)cc2)cs1)C(C)C. The number of sulfonamides is 1. The van der Waals surface area contributed by atoms with Crippen LogP contribution in [0.4, 0.5) is 5.69 Å². The van der Waals surface area contributed by atoms with Crippen LogP contribution in [-0.4, -0.2) is 98.6 Å². The van der Waals surface area contributed by atoms with Crippen molar-refractivity contribution < 1.29 is 32.3 Å². The van der Waals surface area contributed by atoms with Gasteiger partial charge in [0.25, 0.3) is 15.9 Å². The number of amides is 2. The third kappa shape index (κ3) is 12.3. The Bertz CT molecular complexity index is 1630. The molecule has 5 atom stereocenters. The highest BCUT2D eigenvalue weighted by molar-refractivity contribution is 7.90. The first-order valence-corrected chi connectivity index (χ1v) is 21.7. The molecule has 0 bridgehead atoms. The molecule has 13 nitrogen and oxygen atoms in total. The van der Waals surface area contributed by atoms with Gasteiger partial charge in [0.2, 0.25) is 5.91 Å². The molecule has 1 aromatic heterocycles. The molecule has 1 fully saturated rings. The Morgan fingerprint density at radius 3 is 2.39 bits per heavy atom. The van der Waals surface area contributed by atoms with Crippen LogP contribution in [0.25, 0.3) is 0 Å². The molecule has 3 rings (SSSR count). The Morgan fingerprint density at radius 2 is 1.81 bits per heavy atom. The second-order valence-corrected chi connectivity index (χ2v) is 17.5. The lowest BCUT2D eigenvalue weighted by atomic mass is 9.82. The molecule has 2 amide bonds. The van der Waals surface area contributed by atoms with Crippen LogP contribution in [0.1, 0.15) is 121 Å². The van der Waals surface area contributed by atoms with Crippen molar-refractivity contribution in [3.8, 4) is 0 Å². The lowest BCUT2D eigenvalue weighted by Gasteiger charge is -2.45. The van der Waals surface area contributed by atoms with Gasteiger partial charge in [0.15, 0.2) is 6.10 Å². The molecule has 1 aliphatic rings. The van der Waals surface area contributed by atoms with Gasteiger partial charge in [-0.1, -0.05) is 66.7 Å². The molecule has 302 valence electrons. The highest BCUT2D eigenvalue weighted by atomic mass is 32.2. The number of thiazole rings is 1. The van der Waals surface area contributed by atoms with Crippen LogP contribution in [0, 0.1) is 11.8 Å². The molecule has 2 aromatic rings. The van der Waals surface area contributed by atoms with Crippen molar-refractivity contribution in [1.82, 2.24) is 24.8 Å². The molecule has 15 heteroatoms. The van der Waals surface area contributed by atoms with Crippen molar-refractivity contribution in [3.63, 3.8) is 0 Å². The fourth-order valence-corrected chi connectivity index (χ4v) is 8.86. The van der Waals surface area contributed by atoms with Gasteiger partial charge in [0.1, 0.15) is 22.5 Å². The van der Waals surface area contributed by atoms with Crippen LogP contribution < -0.4 is 15.4 Å². The van der Waals surface area contributed by atoms with Gasteiger partial charge in [-0.3, -0.25) is 24.2 Å². The van der Waals surface area contributed by atoms with Gasteiger partial charge in [0.05, 0.1) is 10.9 Å². The van der Waals surface area contributed by atoms with Gasteiger partial charge in [-0.2, -0.15) is 0 Å². The Hall–Kier alpha value is -3.40. The molecule has 0 aliphatic carbocycles. The number of nitrogens with one attached hydrogen (secondary N) is 3. The van der Waals surface area contributed by atoms with Crippen molar-refractivity contribution in [2.24, 2.45) is 11.8 Å². The number of anilines is 1. The Morgan fingerprint density at radius 1 is 1.11 bits per heavy atom. The average molecular weight is 791 g/mol. The quantitative estimate of drug-likeness (QED) is 0.0751. The molecule has 1 aliphatic heterocycles. The maximum atomic E-state index is 13.9. The highest BCUT2D eigenvalue weighted by Gasteiger charge is 2.43. The molecular weight excluding hydrogens is 729 g/mol. The second kappa shape index (κ2) is 21.1. The number of aromatic nitrogens is 1. The first-order valence-electron chi connectivity index (χ1n) is 19.3. The smallest absolute Gasteiger partial charge is 0.303 e. The zero-order valence-electron chi connectivity index (χ0n) is 33.4. The first-order chi connectivity index (χ1) is 25.6. The van der Waals surface area contributed by atoms with E-state index in [0.717, 1.165) is 69.1 Å². The van der Waals surface area contributed by atoms with E-state index in [0.29, 0.717) is 30.1 Å². The number of rotatable bonds is 22. The van der Waals surface area contributed by atoms with E-state index < -0.39 is 33.5 Å². The summed E-state index contributed by atoms with van der Waals surface area (Å²) in [4.78, 5) is 61.6. The second-order valence-electron chi connectivity index (χ2n) is 14.9. The summed E-state index contributed by atoms with van der Waals surface area (Å²) in [6, 6.07) is 5.44. The van der Waals surface area contributed by atoms with E-state index in [1.807, 2.05) is 20.9 Å². The van der Waals surface area contributed by atoms with Gasteiger partial charge in [0, 0.05) is 44.0 Å². The average Bonchev–Trinajstić information content (AvgIpc) is 3.64. The third-order valence-electron chi connectivity index (χ3n) is 10.6. The molecule has 1 saturated heterocycles. The molecule has 3 N–H and O–H groups in total. The largest absolute Gasteiger partial charge is 0.455 e. The number of likely N-dealkylation sites (tertiary alicyclic amines) is 1. The number of hydrogen-bond donors (Lipinski definition) is 3. The minimum Gasteiger partial charge on any atom is -0.455 e. The summed E-state index contributed by atoms with van der Waals surface area (Å²) in [5.41, 5.74) is -0.564. The zero-order chi connectivity index (χ0) is 40.1. The monoisotopic (exact) mass is 790 g/mol. The molecule has 0 unspecified atom stereocenters. The number of piperidine rings is 1. The van der Waals surface area contributed by atoms with Crippen LogP contribution in [0.2, 0.25) is 0 Å². The van der Waals surface area contributed by atoms with Gasteiger partial charge in [-0.05, 0) is 75.5 Å². The minimum absolute atomic E-state index is 0.0258. The molecule has 0 saturated carbocycles. The predicted octanol–water partition coefficient (Wildman–Crippen LogP) is 5.79. The molecular formula is C39H62N6O7S2. The Balaban J connectivity index is 1.95. The lowest BCUT2D eigenvalue weighted by Crippen LogP contribution is -2.65. The van der Waals surface area contributed by atoms with Crippen LogP contribution in [-0.2, 0) is 29.1 Å². The maximum absolute atomic E-state index is 13.9. The Labute approximate surface area is 326 Å². The van der Waals surface area contributed by atoms with E-state index in [1.165, 1.54) is 24.4 Å². The number of benzene rings is 1. The fraction of sp³-hybridized carbons (Fsp3) is 0.667. The minimum atomic E-state index is -4.18. The summed E-state index contributed by atoms with van der Waals surface area (Å²) in [7, 11) is -0.515. The van der Waals surface area contributed by atoms with Gasteiger partial charge in [-0.15, -0.1) is 11.3 Å². The summed E-state index contributed by atoms with van der Waals surface area (Å²) >= 11 is 1.11. The molecule has 54 heavy (non-hydrogen) atoms. The van der Waals surface area contributed by atoms with E-state index >= 15 is 0 Å². The zero-order valence-corrected chi connectivity index (χ0v) is 35.0. The van der Waals surface area contributed by atoms with Gasteiger partial charge >= 0.3 is 5.97 Å². The van der Waals surface area contributed by atoms with E-state index in [9.17, 15) is 27.6 Å². The van der Waals surface area contributed by atoms with E-state index in [2.05, 4.69) is 50.9 Å². The molecule has 0 spiro atoms. The highest BCUT2D eigenvalue weighted by Crippen LogP contribution is 2.33. The number of carbonyl (C=O) groups excluding carboxylic acids is 4. The first kappa shape index (κ1) is 45.0.